The molecule has 0 spiro atoms. The Balaban J connectivity index is 2.25. The number of hydrogen-bond donors (Lipinski definition) is 3. The quantitative estimate of drug-likeness (QED) is 0.751. The molecule has 0 fully saturated rings. The first-order valence-electron chi connectivity index (χ1n) is 6.58. The molecule has 1 unspecified atom stereocenters. The van der Waals surface area contributed by atoms with E-state index >= 15 is 0 Å². The van der Waals surface area contributed by atoms with Gasteiger partial charge in [0.2, 0.25) is 15.9 Å². The summed E-state index contributed by atoms with van der Waals surface area (Å²) in [4.78, 5) is 11.3. The number of benzene rings is 1. The van der Waals surface area contributed by atoms with Crippen LogP contribution in [-0.4, -0.2) is 26.9 Å². The normalized spacial score (nSPS) is 16.0. The van der Waals surface area contributed by atoms with E-state index in [0.717, 1.165) is 0 Å². The predicted octanol–water partition coefficient (Wildman–Crippen LogP) is 1.10. The minimum absolute atomic E-state index is 0.0321. The molecule has 1 amide bonds. The Kier molecular flexibility index (Phi) is 4.57. The van der Waals surface area contributed by atoms with Gasteiger partial charge >= 0.3 is 0 Å². The molecular weight excluding hydrogens is 314 g/mol. The van der Waals surface area contributed by atoms with Crippen molar-refractivity contribution in [3.05, 3.63) is 22.7 Å². The zero-order valence-corrected chi connectivity index (χ0v) is 13.4. The van der Waals surface area contributed by atoms with E-state index in [-0.39, 0.29) is 40.8 Å². The number of carbonyl (C=O) groups is 1. The number of hydrogen-bond acceptors (Lipinski definition) is 4. The summed E-state index contributed by atoms with van der Waals surface area (Å²) >= 11 is 6.02. The number of sulfonamides is 1. The fourth-order valence-electron chi connectivity index (χ4n) is 1.95. The van der Waals surface area contributed by atoms with Crippen LogP contribution in [0.1, 0.15) is 19.4 Å². The summed E-state index contributed by atoms with van der Waals surface area (Å²) in [6, 6.07) is 2.61. The maximum Gasteiger partial charge on any atom is 0.242 e. The number of anilines is 1. The highest BCUT2D eigenvalue weighted by molar-refractivity contribution is 7.89. The highest BCUT2D eigenvalue weighted by Gasteiger charge is 2.25. The molecule has 1 aliphatic rings. The molecule has 0 radical (unpaired) electrons. The van der Waals surface area contributed by atoms with Gasteiger partial charge in [0, 0.05) is 18.3 Å². The molecule has 1 aromatic carbocycles. The van der Waals surface area contributed by atoms with Crippen LogP contribution in [0.25, 0.3) is 0 Å². The van der Waals surface area contributed by atoms with E-state index in [0.29, 0.717) is 11.3 Å². The molecule has 1 atom stereocenters. The smallest absolute Gasteiger partial charge is 0.242 e. The molecule has 0 saturated heterocycles. The van der Waals surface area contributed by atoms with Crippen molar-refractivity contribution in [2.45, 2.75) is 31.2 Å². The maximum atomic E-state index is 12.3. The van der Waals surface area contributed by atoms with Gasteiger partial charge in [0.1, 0.15) is 4.90 Å². The van der Waals surface area contributed by atoms with E-state index in [1.165, 1.54) is 12.1 Å². The number of fused-ring (bicyclic) bond motifs is 1. The van der Waals surface area contributed by atoms with Crippen LogP contribution in [0.5, 0.6) is 0 Å². The van der Waals surface area contributed by atoms with Crippen LogP contribution in [-0.2, 0) is 21.2 Å². The molecule has 2 rings (SSSR count). The molecule has 6 nitrogen and oxygen atoms in total. The van der Waals surface area contributed by atoms with Crippen molar-refractivity contribution < 1.29 is 13.2 Å². The lowest BCUT2D eigenvalue weighted by Crippen LogP contribution is -2.40. The molecule has 1 aliphatic heterocycles. The second kappa shape index (κ2) is 5.92. The Morgan fingerprint density at radius 2 is 2.10 bits per heavy atom. The van der Waals surface area contributed by atoms with Crippen molar-refractivity contribution in [2.75, 3.05) is 11.9 Å². The van der Waals surface area contributed by atoms with Crippen molar-refractivity contribution in [1.82, 2.24) is 4.72 Å². The summed E-state index contributed by atoms with van der Waals surface area (Å²) < 4.78 is 27.1. The molecule has 1 aromatic rings. The van der Waals surface area contributed by atoms with E-state index in [4.69, 9.17) is 17.3 Å². The predicted molar refractivity (Wildman–Crippen MR) is 81.8 cm³/mol. The third kappa shape index (κ3) is 3.55. The van der Waals surface area contributed by atoms with Gasteiger partial charge in [-0.2, -0.15) is 0 Å². The average molecular weight is 332 g/mol. The van der Waals surface area contributed by atoms with Gasteiger partial charge in [-0.1, -0.05) is 25.4 Å². The summed E-state index contributed by atoms with van der Waals surface area (Å²) in [6.07, 6.45) is 0.153. The fraction of sp³-hybridized carbons (Fsp3) is 0.462. The lowest BCUT2D eigenvalue weighted by atomic mass is 10.1. The molecule has 0 aliphatic carbocycles. The van der Waals surface area contributed by atoms with Gasteiger partial charge in [0.15, 0.2) is 0 Å². The second-order valence-electron chi connectivity index (χ2n) is 5.42. The van der Waals surface area contributed by atoms with Crippen LogP contribution < -0.4 is 15.8 Å². The number of amides is 1. The Labute approximate surface area is 129 Å². The zero-order valence-electron chi connectivity index (χ0n) is 11.8. The van der Waals surface area contributed by atoms with Crippen molar-refractivity contribution in [3.8, 4) is 0 Å². The van der Waals surface area contributed by atoms with Crippen molar-refractivity contribution in [2.24, 2.45) is 11.7 Å². The van der Waals surface area contributed by atoms with Gasteiger partial charge in [-0.3, -0.25) is 4.79 Å². The molecule has 21 heavy (non-hydrogen) atoms. The van der Waals surface area contributed by atoms with E-state index < -0.39 is 10.0 Å². The topological polar surface area (TPSA) is 101 Å². The highest BCUT2D eigenvalue weighted by Crippen LogP contribution is 2.32. The zero-order chi connectivity index (χ0) is 15.8. The summed E-state index contributed by atoms with van der Waals surface area (Å²) in [7, 11) is -3.76. The average Bonchev–Trinajstić information content (AvgIpc) is 2.73. The van der Waals surface area contributed by atoms with Crippen LogP contribution in [0.3, 0.4) is 0 Å². The van der Waals surface area contributed by atoms with E-state index in [1.54, 1.807) is 0 Å². The van der Waals surface area contributed by atoms with Crippen LogP contribution in [0, 0.1) is 5.92 Å². The van der Waals surface area contributed by atoms with Crippen LogP contribution in [0.15, 0.2) is 17.0 Å². The lowest BCUT2D eigenvalue weighted by Gasteiger charge is -2.17. The van der Waals surface area contributed by atoms with Gasteiger partial charge < -0.3 is 11.1 Å². The first kappa shape index (κ1) is 16.2. The summed E-state index contributed by atoms with van der Waals surface area (Å²) in [6.45, 7) is 3.96. The van der Waals surface area contributed by atoms with E-state index in [1.807, 2.05) is 13.8 Å². The Morgan fingerprint density at radius 3 is 2.71 bits per heavy atom. The Morgan fingerprint density at radius 1 is 1.43 bits per heavy atom. The van der Waals surface area contributed by atoms with Gasteiger partial charge in [0.25, 0.3) is 0 Å². The standard InChI is InChI=1S/C13H18ClN3O3S/c1-7(2)10(15)6-16-21(19,20)12-3-8-4-13(18)17-11(8)5-9(12)14/h3,5,7,10,16H,4,6,15H2,1-2H3,(H,17,18). The number of rotatable bonds is 5. The van der Waals surface area contributed by atoms with Crippen molar-refractivity contribution >= 4 is 33.2 Å². The number of halogens is 1. The SMILES string of the molecule is CC(C)C(N)CNS(=O)(=O)c1cc2c(cc1Cl)NC(=O)C2. The largest absolute Gasteiger partial charge is 0.326 e. The first-order valence-corrected chi connectivity index (χ1v) is 8.44. The Hall–Kier alpha value is -1.15. The van der Waals surface area contributed by atoms with Crippen LogP contribution >= 0.6 is 11.6 Å². The van der Waals surface area contributed by atoms with E-state index in [2.05, 4.69) is 10.0 Å². The summed E-state index contributed by atoms with van der Waals surface area (Å²) in [5.74, 6) is -0.0181. The molecule has 1 heterocycles. The molecular formula is C13H18ClN3O3S. The van der Waals surface area contributed by atoms with Gasteiger partial charge in [0.05, 0.1) is 11.4 Å². The number of nitrogens with one attached hydrogen (secondary N) is 2. The number of carbonyl (C=O) groups excluding carboxylic acids is 1. The maximum absolute atomic E-state index is 12.3. The molecule has 8 heteroatoms. The van der Waals surface area contributed by atoms with Gasteiger partial charge in [-0.15, -0.1) is 0 Å². The second-order valence-corrected chi connectivity index (χ2v) is 7.57. The third-order valence-electron chi connectivity index (χ3n) is 3.44. The van der Waals surface area contributed by atoms with Crippen molar-refractivity contribution in [3.63, 3.8) is 0 Å². The lowest BCUT2D eigenvalue weighted by molar-refractivity contribution is -0.115. The molecule has 0 bridgehead atoms. The molecule has 0 aromatic heterocycles. The first-order chi connectivity index (χ1) is 9.70. The fourth-order valence-corrected chi connectivity index (χ4v) is 3.60. The van der Waals surface area contributed by atoms with Gasteiger partial charge in [-0.05, 0) is 23.6 Å². The molecule has 4 N–H and O–H groups in total. The minimum Gasteiger partial charge on any atom is -0.326 e. The van der Waals surface area contributed by atoms with Gasteiger partial charge in [-0.25, -0.2) is 13.1 Å². The monoisotopic (exact) mass is 331 g/mol. The van der Waals surface area contributed by atoms with Crippen molar-refractivity contribution in [1.29, 1.82) is 0 Å². The Bertz CT molecular complexity index is 673. The van der Waals surface area contributed by atoms with Crippen LogP contribution in [0.4, 0.5) is 5.69 Å². The van der Waals surface area contributed by atoms with Crippen LogP contribution in [0.2, 0.25) is 5.02 Å². The minimum atomic E-state index is -3.76. The van der Waals surface area contributed by atoms with E-state index in [9.17, 15) is 13.2 Å². The summed E-state index contributed by atoms with van der Waals surface area (Å²) in [5.41, 5.74) is 7.01. The highest BCUT2D eigenvalue weighted by atomic mass is 35.5. The number of nitrogens with two attached hydrogens (primary N) is 1. The summed E-state index contributed by atoms with van der Waals surface area (Å²) in [5, 5.41) is 2.69. The molecule has 116 valence electrons. The third-order valence-corrected chi connectivity index (χ3v) is 5.33. The molecule has 0 saturated carbocycles.